The third kappa shape index (κ3) is 4.79. The molecule has 0 saturated heterocycles. The average Bonchev–Trinajstić information content (AvgIpc) is 3.77. The van der Waals surface area contributed by atoms with E-state index in [-0.39, 0.29) is 12.3 Å². The molecular formula is C45H31N3O2. The van der Waals surface area contributed by atoms with E-state index in [0.29, 0.717) is 0 Å². The third-order valence-electron chi connectivity index (χ3n) is 9.79. The molecule has 0 bridgehead atoms. The largest absolute Gasteiger partial charge is 0.456 e. The van der Waals surface area contributed by atoms with Crippen LogP contribution in [0.2, 0.25) is 0 Å². The lowest BCUT2D eigenvalue weighted by Gasteiger charge is -2.32. The number of hydrogen-bond donors (Lipinski definition) is 2. The molecule has 10 rings (SSSR count). The van der Waals surface area contributed by atoms with Crippen molar-refractivity contribution in [3.05, 3.63) is 180 Å². The molecule has 0 amide bonds. The highest BCUT2D eigenvalue weighted by atomic mass is 16.3. The van der Waals surface area contributed by atoms with Crippen molar-refractivity contribution in [1.29, 1.82) is 0 Å². The molecule has 5 nitrogen and oxygen atoms in total. The molecule has 1 aliphatic heterocycles. The van der Waals surface area contributed by atoms with E-state index >= 15 is 0 Å². The fraction of sp³-hybridized carbons (Fsp3) is 0.0444. The van der Waals surface area contributed by atoms with Gasteiger partial charge in [-0.05, 0) is 52.1 Å². The van der Waals surface area contributed by atoms with E-state index in [1.807, 2.05) is 30.3 Å². The van der Waals surface area contributed by atoms with Crippen molar-refractivity contribution in [2.24, 2.45) is 4.99 Å². The molecule has 238 valence electrons. The van der Waals surface area contributed by atoms with Crippen molar-refractivity contribution < 1.29 is 8.83 Å². The minimum atomic E-state index is -0.345. The van der Waals surface area contributed by atoms with Crippen LogP contribution in [0.25, 0.3) is 66.1 Å². The first-order valence-electron chi connectivity index (χ1n) is 16.9. The van der Waals surface area contributed by atoms with Crippen LogP contribution in [-0.2, 0) is 0 Å². The SMILES string of the molecule is c1ccc(-c2ccc(C3=NC(c4ccc5oc6cccc(-c7ccccc7)c6c5c4)NC(c4cccc5c4oc4ccccc45)N3)cc2)cc1. The van der Waals surface area contributed by atoms with Gasteiger partial charge in [-0.2, -0.15) is 0 Å². The van der Waals surface area contributed by atoms with Crippen molar-refractivity contribution in [2.45, 2.75) is 12.3 Å². The van der Waals surface area contributed by atoms with E-state index in [9.17, 15) is 0 Å². The summed E-state index contributed by atoms with van der Waals surface area (Å²) in [5.74, 6) is 0.814. The predicted molar refractivity (Wildman–Crippen MR) is 203 cm³/mol. The number of nitrogens with one attached hydrogen (secondary N) is 2. The highest BCUT2D eigenvalue weighted by Gasteiger charge is 2.28. The van der Waals surface area contributed by atoms with Crippen LogP contribution in [0.3, 0.4) is 0 Å². The molecule has 2 N–H and O–H groups in total. The van der Waals surface area contributed by atoms with Crippen LogP contribution in [0.5, 0.6) is 0 Å². The van der Waals surface area contributed by atoms with Crippen molar-refractivity contribution in [1.82, 2.24) is 10.6 Å². The lowest BCUT2D eigenvalue weighted by molar-refractivity contribution is 0.408. The second-order valence-electron chi connectivity index (χ2n) is 12.8. The van der Waals surface area contributed by atoms with E-state index in [1.54, 1.807) is 0 Å². The predicted octanol–water partition coefficient (Wildman–Crippen LogP) is 11.2. The summed E-state index contributed by atoms with van der Waals surface area (Å²) in [5.41, 5.74) is 11.2. The molecule has 9 aromatic rings. The summed E-state index contributed by atoms with van der Waals surface area (Å²) in [6.45, 7) is 0. The van der Waals surface area contributed by atoms with Crippen molar-refractivity contribution >= 4 is 49.7 Å². The van der Waals surface area contributed by atoms with Gasteiger partial charge in [0.15, 0.2) is 0 Å². The first-order valence-corrected chi connectivity index (χ1v) is 16.9. The lowest BCUT2D eigenvalue weighted by Crippen LogP contribution is -2.45. The Morgan fingerprint density at radius 2 is 1.14 bits per heavy atom. The van der Waals surface area contributed by atoms with Gasteiger partial charge < -0.3 is 14.2 Å². The monoisotopic (exact) mass is 645 g/mol. The molecule has 1 aliphatic rings. The van der Waals surface area contributed by atoms with Crippen LogP contribution >= 0.6 is 0 Å². The zero-order valence-corrected chi connectivity index (χ0v) is 27.0. The Balaban J connectivity index is 1.11. The second kappa shape index (κ2) is 11.6. The van der Waals surface area contributed by atoms with Crippen LogP contribution < -0.4 is 10.6 Å². The zero-order valence-electron chi connectivity index (χ0n) is 27.0. The molecule has 7 aromatic carbocycles. The summed E-state index contributed by atoms with van der Waals surface area (Å²) < 4.78 is 12.9. The fourth-order valence-electron chi connectivity index (χ4n) is 7.36. The quantitative estimate of drug-likeness (QED) is 0.195. The maximum Gasteiger partial charge on any atom is 0.142 e. The Bertz CT molecular complexity index is 2710. The highest BCUT2D eigenvalue weighted by molar-refractivity contribution is 6.12. The summed E-state index contributed by atoms with van der Waals surface area (Å²) in [4.78, 5) is 5.31. The molecule has 0 aliphatic carbocycles. The van der Waals surface area contributed by atoms with Gasteiger partial charge in [-0.3, -0.25) is 5.32 Å². The summed E-state index contributed by atoms with van der Waals surface area (Å²) in [7, 11) is 0. The number of nitrogens with zero attached hydrogens (tertiary/aromatic N) is 1. The molecular weight excluding hydrogens is 615 g/mol. The van der Waals surface area contributed by atoms with Crippen molar-refractivity contribution in [2.75, 3.05) is 0 Å². The number of para-hydroxylation sites is 2. The third-order valence-corrected chi connectivity index (χ3v) is 9.79. The minimum absolute atomic E-state index is 0.276. The molecule has 50 heavy (non-hydrogen) atoms. The Morgan fingerprint density at radius 3 is 1.98 bits per heavy atom. The summed E-state index contributed by atoms with van der Waals surface area (Å²) >= 11 is 0. The number of fused-ring (bicyclic) bond motifs is 6. The molecule has 0 spiro atoms. The first-order chi connectivity index (χ1) is 24.8. The Hall–Kier alpha value is -6.43. The van der Waals surface area contributed by atoms with E-state index < -0.39 is 0 Å². The molecule has 0 radical (unpaired) electrons. The van der Waals surface area contributed by atoms with Crippen molar-refractivity contribution in [3.8, 4) is 22.3 Å². The van der Waals surface area contributed by atoms with Gasteiger partial charge in [0.1, 0.15) is 40.5 Å². The summed E-state index contributed by atoms with van der Waals surface area (Å²) in [6, 6.07) is 56.8. The van der Waals surface area contributed by atoms with E-state index in [1.165, 1.54) is 5.56 Å². The smallest absolute Gasteiger partial charge is 0.142 e. The maximum atomic E-state index is 6.50. The van der Waals surface area contributed by atoms with E-state index in [2.05, 4.69) is 144 Å². The van der Waals surface area contributed by atoms with Gasteiger partial charge in [-0.15, -0.1) is 0 Å². The number of rotatable bonds is 5. The number of amidine groups is 1. The standard InChI is InChI=1S/C45H31N3O2/c1-3-11-28(12-4-1)29-21-23-31(24-22-29)43-46-44(48-45(47-43)36-18-9-17-35-34-15-7-8-19-38(34)50-42(35)36)32-25-26-39-37(27-32)41-33(16-10-20-40(41)49-39)30-13-5-2-6-14-30/h1-27,44-45,48H,(H,46,47). The van der Waals surface area contributed by atoms with Gasteiger partial charge >= 0.3 is 0 Å². The average molecular weight is 646 g/mol. The highest BCUT2D eigenvalue weighted by Crippen LogP contribution is 2.39. The number of hydrogen-bond acceptors (Lipinski definition) is 5. The van der Waals surface area contributed by atoms with Gasteiger partial charge in [0.05, 0.1) is 0 Å². The van der Waals surface area contributed by atoms with Crippen LogP contribution in [0.1, 0.15) is 29.0 Å². The Kier molecular flexibility index (Phi) is 6.64. The van der Waals surface area contributed by atoms with E-state index in [4.69, 9.17) is 13.8 Å². The minimum Gasteiger partial charge on any atom is -0.456 e. The van der Waals surface area contributed by atoms with Gasteiger partial charge in [-0.1, -0.05) is 140 Å². The molecule has 2 aromatic heterocycles. The van der Waals surface area contributed by atoms with Crippen LogP contribution in [0.4, 0.5) is 0 Å². The molecule has 5 heteroatoms. The van der Waals surface area contributed by atoms with Crippen molar-refractivity contribution in [3.63, 3.8) is 0 Å². The number of benzene rings is 7. The lowest BCUT2D eigenvalue weighted by atomic mass is 9.98. The van der Waals surface area contributed by atoms with E-state index in [0.717, 1.165) is 83.1 Å². The maximum absolute atomic E-state index is 6.50. The van der Waals surface area contributed by atoms with Gasteiger partial charge in [0.2, 0.25) is 0 Å². The van der Waals surface area contributed by atoms with Gasteiger partial charge in [0, 0.05) is 32.7 Å². The fourth-order valence-corrected chi connectivity index (χ4v) is 7.36. The van der Waals surface area contributed by atoms with Crippen LogP contribution in [0, 0.1) is 0 Å². The number of aliphatic imine (C=N–C) groups is 1. The first kappa shape index (κ1) is 28.6. The van der Waals surface area contributed by atoms with Gasteiger partial charge in [0.25, 0.3) is 0 Å². The molecule has 0 saturated carbocycles. The normalized spacial score (nSPS) is 16.2. The summed E-state index contributed by atoms with van der Waals surface area (Å²) in [6.07, 6.45) is -0.620. The summed E-state index contributed by atoms with van der Waals surface area (Å²) in [5, 5.41) is 11.9. The molecule has 2 atom stereocenters. The second-order valence-corrected chi connectivity index (χ2v) is 12.8. The number of furan rings is 2. The van der Waals surface area contributed by atoms with Gasteiger partial charge in [-0.25, -0.2) is 4.99 Å². The Morgan fingerprint density at radius 1 is 0.480 bits per heavy atom. The Labute approximate surface area is 288 Å². The zero-order chi connectivity index (χ0) is 33.0. The van der Waals surface area contributed by atoms with Crippen LogP contribution in [-0.4, -0.2) is 5.84 Å². The van der Waals surface area contributed by atoms with Crippen LogP contribution in [0.15, 0.2) is 178 Å². The topological polar surface area (TPSA) is 62.7 Å². The molecule has 3 heterocycles. The molecule has 0 fully saturated rings. The molecule has 2 unspecified atom stereocenters.